The van der Waals surface area contributed by atoms with Crippen molar-refractivity contribution in [3.05, 3.63) is 29.8 Å². The van der Waals surface area contributed by atoms with E-state index >= 15 is 0 Å². The van der Waals surface area contributed by atoms with Crippen molar-refractivity contribution in [2.75, 3.05) is 13.7 Å². The zero-order valence-corrected chi connectivity index (χ0v) is 14.8. The van der Waals surface area contributed by atoms with Crippen molar-refractivity contribution < 1.29 is 29.4 Å². The summed E-state index contributed by atoms with van der Waals surface area (Å²) in [6, 6.07) is 2.39. The molecule has 10 nitrogen and oxygen atoms in total. The number of nitrogens with two attached hydrogens (primary N) is 2. The number of nitrogens with one attached hydrogen (secondary N) is 1. The van der Waals surface area contributed by atoms with Gasteiger partial charge in [0.15, 0.2) is 0 Å². The number of phenols is 1. The topological polar surface area (TPSA) is 176 Å². The maximum absolute atomic E-state index is 12.6. The van der Waals surface area contributed by atoms with Crippen LogP contribution in [0, 0.1) is 0 Å². The number of primary amides is 1. The summed E-state index contributed by atoms with van der Waals surface area (Å²) in [5, 5.41) is 20.7. The highest BCUT2D eigenvalue weighted by atomic mass is 16.3. The predicted molar refractivity (Wildman–Crippen MR) is 94.9 cm³/mol. The second-order valence-electron chi connectivity index (χ2n) is 5.97. The number of rotatable bonds is 10. The Balaban J connectivity index is 3.05. The number of hydrogen-bond donors (Lipinski definition) is 5. The van der Waals surface area contributed by atoms with Gasteiger partial charge in [0.1, 0.15) is 23.9 Å². The number of amides is 3. The molecular weight excluding hydrogens is 356 g/mol. The average molecular weight is 379 g/mol. The fraction of sp³-hybridized carbons (Fsp3) is 0.412. The van der Waals surface area contributed by atoms with Crippen molar-refractivity contribution >= 4 is 24.0 Å². The highest BCUT2D eigenvalue weighted by molar-refractivity contribution is 5.91. The first kappa shape index (κ1) is 22.1. The number of benzene rings is 1. The van der Waals surface area contributed by atoms with E-state index in [-0.39, 0.29) is 12.2 Å². The summed E-state index contributed by atoms with van der Waals surface area (Å²) in [5.74, 6) is -2.18. The van der Waals surface area contributed by atoms with Crippen LogP contribution in [0.3, 0.4) is 0 Å². The first-order valence-electron chi connectivity index (χ1n) is 8.07. The number of nitrogens with zero attached hydrogens (tertiary/aromatic N) is 1. The van der Waals surface area contributed by atoms with E-state index in [1.165, 1.54) is 25.5 Å². The van der Waals surface area contributed by atoms with Gasteiger partial charge in [0.05, 0.1) is 13.0 Å². The largest absolute Gasteiger partial charge is 0.508 e. The zero-order valence-electron chi connectivity index (χ0n) is 14.8. The number of aliphatic hydroxyl groups is 1. The van der Waals surface area contributed by atoms with Crippen LogP contribution in [0.4, 0.5) is 0 Å². The number of phenolic OH excluding ortho intramolecular Hbond substituents is 1. The average Bonchev–Trinajstić information content (AvgIpc) is 2.64. The molecular formula is C17H23N4O6. The van der Waals surface area contributed by atoms with Crippen molar-refractivity contribution in [2.45, 2.75) is 31.0 Å². The van der Waals surface area contributed by atoms with Crippen molar-refractivity contribution in [1.29, 1.82) is 0 Å². The lowest BCUT2D eigenvalue weighted by atomic mass is 10.0. The Morgan fingerprint density at radius 3 is 2.33 bits per heavy atom. The number of carbonyl (C=O) groups excluding carboxylic acids is 4. The third kappa shape index (κ3) is 6.68. The lowest BCUT2D eigenvalue weighted by Gasteiger charge is -2.30. The van der Waals surface area contributed by atoms with Crippen LogP contribution < -0.4 is 16.8 Å². The maximum Gasteiger partial charge on any atom is 0.243 e. The van der Waals surface area contributed by atoms with E-state index in [9.17, 15) is 24.3 Å². The Morgan fingerprint density at radius 2 is 1.85 bits per heavy atom. The summed E-state index contributed by atoms with van der Waals surface area (Å²) in [4.78, 5) is 47.9. The number of aromatic hydroxyl groups is 1. The molecule has 0 aliphatic rings. The Morgan fingerprint density at radius 1 is 1.26 bits per heavy atom. The lowest BCUT2D eigenvalue weighted by Crippen LogP contribution is -2.55. The molecule has 0 saturated heterocycles. The van der Waals surface area contributed by atoms with Crippen molar-refractivity contribution in [3.63, 3.8) is 0 Å². The molecule has 3 amide bonds. The molecule has 1 aromatic rings. The fourth-order valence-corrected chi connectivity index (χ4v) is 2.35. The van der Waals surface area contributed by atoms with E-state index in [0.29, 0.717) is 5.56 Å². The fourth-order valence-electron chi connectivity index (χ4n) is 2.35. The van der Waals surface area contributed by atoms with Crippen LogP contribution in [0.25, 0.3) is 0 Å². The van der Waals surface area contributed by atoms with E-state index in [4.69, 9.17) is 16.6 Å². The van der Waals surface area contributed by atoms with Gasteiger partial charge in [0, 0.05) is 13.5 Å². The van der Waals surface area contributed by atoms with Crippen LogP contribution in [-0.2, 0) is 25.6 Å². The van der Waals surface area contributed by atoms with Gasteiger partial charge in [-0.3, -0.25) is 19.2 Å². The minimum Gasteiger partial charge on any atom is -0.508 e. The Labute approximate surface area is 156 Å². The van der Waals surface area contributed by atoms with Gasteiger partial charge >= 0.3 is 0 Å². The molecule has 1 radical (unpaired) electrons. The molecule has 0 bridgehead atoms. The maximum atomic E-state index is 12.6. The van der Waals surface area contributed by atoms with Gasteiger partial charge in [-0.15, -0.1) is 0 Å². The molecule has 10 heteroatoms. The van der Waals surface area contributed by atoms with Gasteiger partial charge in [0.25, 0.3) is 0 Å². The molecule has 0 fully saturated rings. The van der Waals surface area contributed by atoms with Gasteiger partial charge in [-0.05, 0) is 17.7 Å². The lowest BCUT2D eigenvalue weighted by molar-refractivity contribution is -0.140. The third-order valence-electron chi connectivity index (χ3n) is 3.86. The van der Waals surface area contributed by atoms with Crippen LogP contribution in [-0.4, -0.2) is 70.9 Å². The Bertz CT molecular complexity index is 679. The van der Waals surface area contributed by atoms with Crippen molar-refractivity contribution in [3.8, 4) is 5.75 Å². The molecule has 0 spiro atoms. The molecule has 7 N–H and O–H groups in total. The minimum atomic E-state index is -1.26. The van der Waals surface area contributed by atoms with Gasteiger partial charge in [-0.2, -0.15) is 0 Å². The Kier molecular flexibility index (Phi) is 8.36. The molecule has 0 saturated carbocycles. The summed E-state index contributed by atoms with van der Waals surface area (Å²) >= 11 is 0. The number of likely N-dealkylation sites (N-methyl/N-ethyl adjacent to an activating group) is 1. The third-order valence-corrected chi connectivity index (χ3v) is 3.86. The van der Waals surface area contributed by atoms with Crippen LogP contribution >= 0.6 is 0 Å². The van der Waals surface area contributed by atoms with Crippen LogP contribution in [0.5, 0.6) is 5.75 Å². The molecule has 147 valence electrons. The quantitative estimate of drug-likeness (QED) is 0.300. The second-order valence-corrected chi connectivity index (χ2v) is 5.97. The van der Waals surface area contributed by atoms with E-state index in [2.05, 4.69) is 5.32 Å². The molecule has 27 heavy (non-hydrogen) atoms. The summed E-state index contributed by atoms with van der Waals surface area (Å²) in [6.45, 7) is -0.608. The summed E-state index contributed by atoms with van der Waals surface area (Å²) in [7, 11) is 1.33. The molecule has 0 aliphatic carbocycles. The first-order valence-corrected chi connectivity index (χ1v) is 8.07. The Hall–Kier alpha value is -2.98. The first-order chi connectivity index (χ1) is 12.7. The van der Waals surface area contributed by atoms with Gasteiger partial charge < -0.3 is 31.9 Å². The molecule has 0 unspecified atom stereocenters. The van der Waals surface area contributed by atoms with E-state index in [1.807, 2.05) is 0 Å². The van der Waals surface area contributed by atoms with E-state index in [0.717, 1.165) is 4.90 Å². The summed E-state index contributed by atoms with van der Waals surface area (Å²) < 4.78 is 0. The molecule has 1 rings (SSSR count). The standard InChI is InChI=1S/C17H23N4O6/c1-21(17(27)13(18)9-23)14(6-10-2-4-12(24)5-3-10)16(26)20-11(8-22)7-15(19)25/h2-5,11,13-14,23-24H,6-7,9,18H2,1H3,(H2,19,25)(H,20,26)/t11-,13+,14+/m1/s1. The normalized spacial score (nSPS) is 13.9. The number of carbonyl (C=O) groups is 3. The smallest absolute Gasteiger partial charge is 0.243 e. The highest BCUT2D eigenvalue weighted by Crippen LogP contribution is 2.14. The van der Waals surface area contributed by atoms with Gasteiger partial charge in [-0.1, -0.05) is 12.1 Å². The number of aliphatic hydroxyl groups excluding tert-OH is 1. The van der Waals surface area contributed by atoms with E-state index in [1.54, 1.807) is 12.1 Å². The molecule has 0 aromatic heterocycles. The monoisotopic (exact) mass is 379 g/mol. The van der Waals surface area contributed by atoms with Crippen LogP contribution in [0.2, 0.25) is 0 Å². The molecule has 3 atom stereocenters. The predicted octanol–water partition coefficient (Wildman–Crippen LogP) is -2.45. The van der Waals surface area contributed by atoms with Gasteiger partial charge in [-0.25, -0.2) is 0 Å². The molecule has 0 heterocycles. The zero-order chi connectivity index (χ0) is 20.6. The van der Waals surface area contributed by atoms with Crippen LogP contribution in [0.1, 0.15) is 12.0 Å². The summed E-state index contributed by atoms with van der Waals surface area (Å²) in [5.41, 5.74) is 11.2. The molecule has 1 aromatic carbocycles. The minimum absolute atomic E-state index is 0.0311. The van der Waals surface area contributed by atoms with E-state index < -0.39 is 48.9 Å². The molecule has 0 aliphatic heterocycles. The van der Waals surface area contributed by atoms with Crippen molar-refractivity contribution in [2.24, 2.45) is 11.5 Å². The van der Waals surface area contributed by atoms with Crippen molar-refractivity contribution in [1.82, 2.24) is 10.2 Å². The summed E-state index contributed by atoms with van der Waals surface area (Å²) in [6.07, 6.45) is 1.11. The highest BCUT2D eigenvalue weighted by Gasteiger charge is 2.31. The van der Waals surface area contributed by atoms with Gasteiger partial charge in [0.2, 0.25) is 24.0 Å². The number of hydrogen-bond acceptors (Lipinski definition) is 7. The SMILES string of the molecule is CN(C(=O)[C@@H](N)CO)[C@@H](Cc1ccc(O)cc1)C(=O)N[C@@H]([C]=O)CC(N)=O. The second kappa shape index (κ2) is 10.2. The van der Waals surface area contributed by atoms with Crippen LogP contribution in [0.15, 0.2) is 24.3 Å².